The van der Waals surface area contributed by atoms with E-state index in [1.54, 1.807) is 36.4 Å². The number of nitrogens with one attached hydrogen (secondary N) is 2. The third-order valence-electron chi connectivity index (χ3n) is 3.12. The van der Waals surface area contributed by atoms with E-state index in [0.717, 1.165) is 4.90 Å². The second-order valence-corrected chi connectivity index (χ2v) is 6.56. The molecular weight excluding hydrogens is 327 g/mol. The molecule has 6 heteroatoms. The SMILES string of the molecule is CC(C)C(=O)Nc1cccc(NC(=O)CSc2ccc(F)cc2)c1. The molecule has 2 rings (SSSR count). The van der Waals surface area contributed by atoms with E-state index in [1.165, 1.54) is 23.9 Å². The quantitative estimate of drug-likeness (QED) is 0.773. The van der Waals surface area contributed by atoms with Crippen molar-refractivity contribution in [2.45, 2.75) is 18.7 Å². The second kappa shape index (κ2) is 8.49. The molecule has 126 valence electrons. The molecular formula is C18H19FN2O2S. The van der Waals surface area contributed by atoms with Crippen molar-refractivity contribution >= 4 is 35.0 Å². The van der Waals surface area contributed by atoms with Gasteiger partial charge in [-0.15, -0.1) is 11.8 Å². The molecule has 0 aliphatic carbocycles. The number of hydrogen-bond acceptors (Lipinski definition) is 3. The second-order valence-electron chi connectivity index (χ2n) is 5.52. The summed E-state index contributed by atoms with van der Waals surface area (Å²) in [6.45, 7) is 3.63. The lowest BCUT2D eigenvalue weighted by molar-refractivity contribution is -0.119. The van der Waals surface area contributed by atoms with Gasteiger partial charge in [-0.25, -0.2) is 4.39 Å². The summed E-state index contributed by atoms with van der Waals surface area (Å²) in [6.07, 6.45) is 0. The predicted molar refractivity (Wildman–Crippen MR) is 95.7 cm³/mol. The van der Waals surface area contributed by atoms with Crippen molar-refractivity contribution in [2.75, 3.05) is 16.4 Å². The maximum Gasteiger partial charge on any atom is 0.234 e. The van der Waals surface area contributed by atoms with Crippen molar-refractivity contribution in [3.63, 3.8) is 0 Å². The molecule has 2 amide bonds. The molecule has 0 unspecified atom stereocenters. The standard InChI is InChI=1S/C18H19FN2O2S/c1-12(2)18(23)21-15-5-3-4-14(10-15)20-17(22)11-24-16-8-6-13(19)7-9-16/h3-10,12H,11H2,1-2H3,(H,20,22)(H,21,23). The van der Waals surface area contributed by atoms with Crippen LogP contribution in [0, 0.1) is 11.7 Å². The highest BCUT2D eigenvalue weighted by molar-refractivity contribution is 8.00. The zero-order valence-corrected chi connectivity index (χ0v) is 14.3. The fourth-order valence-corrected chi connectivity index (χ4v) is 2.54. The van der Waals surface area contributed by atoms with Crippen LogP contribution >= 0.6 is 11.8 Å². The van der Waals surface area contributed by atoms with Gasteiger partial charge in [-0.1, -0.05) is 19.9 Å². The molecule has 24 heavy (non-hydrogen) atoms. The molecule has 0 heterocycles. The number of rotatable bonds is 6. The van der Waals surface area contributed by atoms with Crippen LogP contribution in [0.5, 0.6) is 0 Å². The van der Waals surface area contributed by atoms with Gasteiger partial charge in [0.1, 0.15) is 5.82 Å². The van der Waals surface area contributed by atoms with Crippen molar-refractivity contribution in [2.24, 2.45) is 5.92 Å². The number of carbonyl (C=O) groups is 2. The molecule has 0 bridgehead atoms. The fraction of sp³-hybridized carbons (Fsp3) is 0.222. The Hall–Kier alpha value is -2.34. The minimum Gasteiger partial charge on any atom is -0.326 e. The number of hydrogen-bond donors (Lipinski definition) is 2. The van der Waals surface area contributed by atoms with Crippen LogP contribution < -0.4 is 10.6 Å². The summed E-state index contributed by atoms with van der Waals surface area (Å²) in [5.74, 6) is -0.449. The van der Waals surface area contributed by atoms with Gasteiger partial charge >= 0.3 is 0 Å². The summed E-state index contributed by atoms with van der Waals surface area (Å²) in [5.41, 5.74) is 1.25. The van der Waals surface area contributed by atoms with Crippen LogP contribution in [0.2, 0.25) is 0 Å². The minimum atomic E-state index is -0.302. The van der Waals surface area contributed by atoms with Gasteiger partial charge in [0.25, 0.3) is 0 Å². The summed E-state index contributed by atoms with van der Waals surface area (Å²) in [5, 5.41) is 5.57. The van der Waals surface area contributed by atoms with Crippen LogP contribution in [0.15, 0.2) is 53.4 Å². The maximum atomic E-state index is 12.8. The van der Waals surface area contributed by atoms with Crippen LogP contribution in [-0.4, -0.2) is 17.6 Å². The topological polar surface area (TPSA) is 58.2 Å². The van der Waals surface area contributed by atoms with E-state index in [1.807, 2.05) is 13.8 Å². The van der Waals surface area contributed by atoms with E-state index in [0.29, 0.717) is 11.4 Å². The number of halogens is 1. The van der Waals surface area contributed by atoms with Gasteiger partial charge in [0.2, 0.25) is 11.8 Å². The van der Waals surface area contributed by atoms with Crippen LogP contribution in [0.3, 0.4) is 0 Å². The zero-order chi connectivity index (χ0) is 17.5. The Morgan fingerprint density at radius 1 is 1.04 bits per heavy atom. The molecule has 0 spiro atoms. The summed E-state index contributed by atoms with van der Waals surface area (Å²) < 4.78 is 12.8. The maximum absolute atomic E-state index is 12.8. The van der Waals surface area contributed by atoms with Crippen LogP contribution in [0.4, 0.5) is 15.8 Å². The number of thioether (sulfide) groups is 1. The highest BCUT2D eigenvalue weighted by atomic mass is 32.2. The Labute approximate surface area is 144 Å². The first kappa shape index (κ1) is 18.0. The van der Waals surface area contributed by atoms with Gasteiger partial charge in [0.05, 0.1) is 5.75 Å². The Bertz CT molecular complexity index is 717. The molecule has 2 aromatic rings. The third-order valence-corrected chi connectivity index (χ3v) is 4.13. The Balaban J connectivity index is 1.89. The van der Waals surface area contributed by atoms with E-state index in [2.05, 4.69) is 10.6 Å². The van der Waals surface area contributed by atoms with E-state index < -0.39 is 0 Å². The molecule has 4 nitrogen and oxygen atoms in total. The van der Waals surface area contributed by atoms with Gasteiger partial charge < -0.3 is 10.6 Å². The monoisotopic (exact) mass is 346 g/mol. The largest absolute Gasteiger partial charge is 0.326 e. The molecule has 0 radical (unpaired) electrons. The van der Waals surface area contributed by atoms with Crippen molar-refractivity contribution in [1.82, 2.24) is 0 Å². The molecule has 0 aliphatic rings. The lowest BCUT2D eigenvalue weighted by Gasteiger charge is -2.10. The Morgan fingerprint density at radius 3 is 2.29 bits per heavy atom. The molecule has 0 saturated carbocycles. The number of benzene rings is 2. The summed E-state index contributed by atoms with van der Waals surface area (Å²) >= 11 is 1.33. The first-order valence-electron chi connectivity index (χ1n) is 7.53. The summed E-state index contributed by atoms with van der Waals surface area (Å²) in [6, 6.07) is 13.0. The number of amides is 2. The Kier molecular flexibility index (Phi) is 6.37. The van der Waals surface area contributed by atoms with Crippen molar-refractivity contribution in [3.05, 3.63) is 54.3 Å². The first-order chi connectivity index (χ1) is 11.4. The van der Waals surface area contributed by atoms with E-state index in [9.17, 15) is 14.0 Å². The average Bonchev–Trinajstić information content (AvgIpc) is 2.54. The van der Waals surface area contributed by atoms with Crippen molar-refractivity contribution in [1.29, 1.82) is 0 Å². The van der Waals surface area contributed by atoms with Gasteiger partial charge in [0, 0.05) is 22.2 Å². The molecule has 0 aromatic heterocycles. The zero-order valence-electron chi connectivity index (χ0n) is 13.5. The fourth-order valence-electron chi connectivity index (χ4n) is 1.84. The molecule has 2 N–H and O–H groups in total. The third kappa shape index (κ3) is 5.70. The molecule has 0 saturated heterocycles. The highest BCUT2D eigenvalue weighted by Gasteiger charge is 2.08. The number of carbonyl (C=O) groups excluding carboxylic acids is 2. The molecule has 0 aliphatic heterocycles. The summed E-state index contributed by atoms with van der Waals surface area (Å²) in [4.78, 5) is 24.5. The lowest BCUT2D eigenvalue weighted by atomic mass is 10.2. The normalized spacial score (nSPS) is 10.5. The average molecular weight is 346 g/mol. The molecule has 0 atom stereocenters. The van der Waals surface area contributed by atoms with Crippen LogP contribution in [-0.2, 0) is 9.59 Å². The van der Waals surface area contributed by atoms with E-state index in [4.69, 9.17) is 0 Å². The molecule has 2 aromatic carbocycles. The van der Waals surface area contributed by atoms with Gasteiger partial charge in [0.15, 0.2) is 0 Å². The van der Waals surface area contributed by atoms with E-state index in [-0.39, 0.29) is 29.3 Å². The van der Waals surface area contributed by atoms with Crippen LogP contribution in [0.25, 0.3) is 0 Å². The minimum absolute atomic E-state index is 0.0784. The predicted octanol–water partition coefficient (Wildman–Crippen LogP) is 4.15. The highest BCUT2D eigenvalue weighted by Crippen LogP contribution is 2.20. The van der Waals surface area contributed by atoms with Gasteiger partial charge in [-0.05, 0) is 42.5 Å². The van der Waals surface area contributed by atoms with Crippen molar-refractivity contribution in [3.8, 4) is 0 Å². The smallest absolute Gasteiger partial charge is 0.234 e. The van der Waals surface area contributed by atoms with Gasteiger partial charge in [-0.3, -0.25) is 9.59 Å². The van der Waals surface area contributed by atoms with E-state index >= 15 is 0 Å². The van der Waals surface area contributed by atoms with Crippen molar-refractivity contribution < 1.29 is 14.0 Å². The number of anilines is 2. The summed E-state index contributed by atoms with van der Waals surface area (Å²) in [7, 11) is 0. The molecule has 0 fully saturated rings. The first-order valence-corrected chi connectivity index (χ1v) is 8.52. The van der Waals surface area contributed by atoms with Gasteiger partial charge in [-0.2, -0.15) is 0 Å². The lowest BCUT2D eigenvalue weighted by Crippen LogP contribution is -2.18. The Morgan fingerprint density at radius 2 is 1.67 bits per heavy atom. The van der Waals surface area contributed by atoms with Crippen LogP contribution in [0.1, 0.15) is 13.8 Å².